The molecule has 0 amide bonds. The maximum atomic E-state index is 5.93. The van der Waals surface area contributed by atoms with Crippen LogP contribution in [0, 0.1) is 0 Å². The van der Waals surface area contributed by atoms with Gasteiger partial charge in [-0.05, 0) is 37.4 Å². The Balaban J connectivity index is 2.03. The molecule has 1 saturated heterocycles. The van der Waals surface area contributed by atoms with E-state index in [1.165, 1.54) is 12.8 Å². The van der Waals surface area contributed by atoms with E-state index in [1.807, 2.05) is 6.07 Å². The molecule has 2 rings (SSSR count). The molecule has 2 heterocycles. The van der Waals surface area contributed by atoms with Crippen molar-refractivity contribution in [1.29, 1.82) is 0 Å². The monoisotopic (exact) mass is 240 g/mol. The van der Waals surface area contributed by atoms with Crippen LogP contribution in [0.15, 0.2) is 6.07 Å². The van der Waals surface area contributed by atoms with Crippen molar-refractivity contribution in [3.8, 4) is 0 Å². The van der Waals surface area contributed by atoms with Gasteiger partial charge in [0.1, 0.15) is 5.82 Å². The summed E-state index contributed by atoms with van der Waals surface area (Å²) in [5, 5.41) is 15.3. The summed E-state index contributed by atoms with van der Waals surface area (Å²) in [6, 6.07) is 2.44. The molecule has 5 heteroatoms. The van der Waals surface area contributed by atoms with Crippen LogP contribution in [0.1, 0.15) is 25.3 Å². The van der Waals surface area contributed by atoms with Gasteiger partial charge in [0.2, 0.25) is 0 Å². The zero-order chi connectivity index (χ0) is 11.4. The molecular weight excluding hydrogens is 224 g/mol. The van der Waals surface area contributed by atoms with Crippen molar-refractivity contribution < 1.29 is 0 Å². The Kier molecular flexibility index (Phi) is 3.96. The molecule has 1 atom stereocenters. The molecule has 0 radical (unpaired) electrons. The van der Waals surface area contributed by atoms with E-state index < -0.39 is 0 Å². The first-order valence-electron chi connectivity index (χ1n) is 5.79. The highest BCUT2D eigenvalue weighted by molar-refractivity contribution is 6.30. The molecule has 1 aliphatic heterocycles. The first kappa shape index (κ1) is 11.6. The highest BCUT2D eigenvalue weighted by Gasteiger charge is 2.13. The van der Waals surface area contributed by atoms with E-state index in [1.54, 1.807) is 0 Å². The molecule has 16 heavy (non-hydrogen) atoms. The van der Waals surface area contributed by atoms with E-state index in [0.29, 0.717) is 11.2 Å². The van der Waals surface area contributed by atoms with Crippen molar-refractivity contribution in [1.82, 2.24) is 15.5 Å². The van der Waals surface area contributed by atoms with Gasteiger partial charge >= 0.3 is 0 Å². The first-order valence-corrected chi connectivity index (χ1v) is 6.16. The smallest absolute Gasteiger partial charge is 0.155 e. The van der Waals surface area contributed by atoms with Gasteiger partial charge in [-0.25, -0.2) is 0 Å². The van der Waals surface area contributed by atoms with Gasteiger partial charge < -0.3 is 10.6 Å². The summed E-state index contributed by atoms with van der Waals surface area (Å²) in [5.74, 6) is 0.829. The minimum absolute atomic E-state index is 0.453. The number of anilines is 1. The molecule has 4 nitrogen and oxygen atoms in total. The molecule has 0 saturated carbocycles. The van der Waals surface area contributed by atoms with Gasteiger partial charge in [-0.1, -0.05) is 18.5 Å². The van der Waals surface area contributed by atoms with Gasteiger partial charge in [-0.2, -0.15) is 0 Å². The topological polar surface area (TPSA) is 49.8 Å². The second kappa shape index (κ2) is 5.46. The summed E-state index contributed by atoms with van der Waals surface area (Å²) >= 11 is 5.93. The van der Waals surface area contributed by atoms with Gasteiger partial charge in [0.15, 0.2) is 5.15 Å². The lowest BCUT2D eigenvalue weighted by Crippen LogP contribution is -2.38. The number of aromatic nitrogens is 2. The van der Waals surface area contributed by atoms with Crippen molar-refractivity contribution in [2.75, 3.05) is 18.4 Å². The molecule has 1 aromatic rings. The molecule has 0 bridgehead atoms. The quantitative estimate of drug-likeness (QED) is 0.847. The maximum Gasteiger partial charge on any atom is 0.155 e. The zero-order valence-electron chi connectivity index (χ0n) is 9.46. The Bertz CT molecular complexity index is 350. The Hall–Kier alpha value is -0.870. The van der Waals surface area contributed by atoms with Crippen molar-refractivity contribution >= 4 is 17.4 Å². The molecule has 0 spiro atoms. The molecule has 0 unspecified atom stereocenters. The second-order valence-corrected chi connectivity index (χ2v) is 4.44. The van der Waals surface area contributed by atoms with E-state index in [-0.39, 0.29) is 0 Å². The zero-order valence-corrected chi connectivity index (χ0v) is 10.2. The summed E-state index contributed by atoms with van der Waals surface area (Å²) in [5.41, 5.74) is 1.04. The number of halogens is 1. The SMILES string of the molecule is CCc1cc(N[C@@H]2CCCNC2)nnc1Cl. The number of nitrogens with one attached hydrogen (secondary N) is 2. The number of hydrogen-bond donors (Lipinski definition) is 2. The summed E-state index contributed by atoms with van der Waals surface area (Å²) < 4.78 is 0. The molecule has 2 N–H and O–H groups in total. The van der Waals surface area contributed by atoms with Crippen LogP contribution in [0.2, 0.25) is 5.15 Å². The Morgan fingerprint density at radius 2 is 2.44 bits per heavy atom. The Morgan fingerprint density at radius 1 is 1.56 bits per heavy atom. The van der Waals surface area contributed by atoms with E-state index in [9.17, 15) is 0 Å². The third-order valence-corrected chi connectivity index (χ3v) is 3.17. The number of piperidine rings is 1. The average molecular weight is 241 g/mol. The van der Waals surface area contributed by atoms with E-state index in [2.05, 4.69) is 27.8 Å². The van der Waals surface area contributed by atoms with Crippen LogP contribution in [0.5, 0.6) is 0 Å². The van der Waals surface area contributed by atoms with Crippen molar-refractivity contribution in [2.24, 2.45) is 0 Å². The fourth-order valence-corrected chi connectivity index (χ4v) is 2.14. The van der Waals surface area contributed by atoms with Crippen LogP contribution < -0.4 is 10.6 Å². The van der Waals surface area contributed by atoms with Gasteiger partial charge in [0.25, 0.3) is 0 Å². The predicted octanol–water partition coefficient (Wildman–Crippen LogP) is 1.86. The van der Waals surface area contributed by atoms with Crippen molar-refractivity contribution in [3.05, 3.63) is 16.8 Å². The van der Waals surface area contributed by atoms with Crippen LogP contribution in [0.4, 0.5) is 5.82 Å². The van der Waals surface area contributed by atoms with E-state index in [4.69, 9.17) is 11.6 Å². The molecule has 0 aromatic carbocycles. The number of rotatable bonds is 3. The molecule has 1 fully saturated rings. The van der Waals surface area contributed by atoms with Gasteiger partial charge in [-0.3, -0.25) is 0 Å². The van der Waals surface area contributed by atoms with Gasteiger partial charge in [0, 0.05) is 12.6 Å². The Labute approximate surface area is 101 Å². The lowest BCUT2D eigenvalue weighted by molar-refractivity contribution is 0.478. The molecule has 1 aromatic heterocycles. The van der Waals surface area contributed by atoms with Crippen LogP contribution in [-0.4, -0.2) is 29.3 Å². The van der Waals surface area contributed by atoms with E-state index >= 15 is 0 Å². The summed E-state index contributed by atoms with van der Waals surface area (Å²) in [6.45, 7) is 4.17. The number of nitrogens with zero attached hydrogens (tertiary/aromatic N) is 2. The van der Waals surface area contributed by atoms with Crippen LogP contribution in [0.25, 0.3) is 0 Å². The molecular formula is C11H17ClN4. The first-order chi connectivity index (χ1) is 7.79. The van der Waals surface area contributed by atoms with Crippen LogP contribution in [0.3, 0.4) is 0 Å². The van der Waals surface area contributed by atoms with Gasteiger partial charge in [-0.15, -0.1) is 10.2 Å². The minimum atomic E-state index is 0.453. The number of aryl methyl sites for hydroxylation is 1. The molecule has 0 aliphatic carbocycles. The maximum absolute atomic E-state index is 5.93. The number of hydrogen-bond acceptors (Lipinski definition) is 4. The lowest BCUT2D eigenvalue weighted by atomic mass is 10.1. The van der Waals surface area contributed by atoms with E-state index in [0.717, 1.165) is 30.9 Å². The van der Waals surface area contributed by atoms with Crippen molar-refractivity contribution in [3.63, 3.8) is 0 Å². The predicted molar refractivity (Wildman–Crippen MR) is 65.9 cm³/mol. The third kappa shape index (κ3) is 2.83. The average Bonchev–Trinajstić information content (AvgIpc) is 2.33. The standard InChI is InChI=1S/C11H17ClN4/c1-2-8-6-10(15-16-11(8)12)14-9-4-3-5-13-7-9/h6,9,13H,2-5,7H2,1H3,(H,14,15)/t9-/m1/s1. The lowest BCUT2D eigenvalue weighted by Gasteiger charge is -2.24. The van der Waals surface area contributed by atoms with Crippen molar-refractivity contribution in [2.45, 2.75) is 32.2 Å². The highest BCUT2D eigenvalue weighted by Crippen LogP contribution is 2.17. The largest absolute Gasteiger partial charge is 0.365 e. The normalized spacial score (nSPS) is 20.8. The summed E-state index contributed by atoms with van der Waals surface area (Å²) in [7, 11) is 0. The Morgan fingerprint density at radius 3 is 3.12 bits per heavy atom. The van der Waals surface area contributed by atoms with Crippen LogP contribution in [-0.2, 0) is 6.42 Å². The van der Waals surface area contributed by atoms with Gasteiger partial charge in [0.05, 0.1) is 0 Å². The fraction of sp³-hybridized carbons (Fsp3) is 0.636. The second-order valence-electron chi connectivity index (χ2n) is 4.09. The highest BCUT2D eigenvalue weighted by atomic mass is 35.5. The summed E-state index contributed by atoms with van der Waals surface area (Å²) in [6.07, 6.45) is 3.27. The minimum Gasteiger partial charge on any atom is -0.365 e. The van der Waals surface area contributed by atoms with Crippen LogP contribution >= 0.6 is 11.6 Å². The fourth-order valence-electron chi connectivity index (χ4n) is 1.92. The third-order valence-electron chi connectivity index (χ3n) is 2.85. The molecule has 88 valence electrons. The summed E-state index contributed by atoms with van der Waals surface area (Å²) in [4.78, 5) is 0. The molecule has 1 aliphatic rings.